The zero-order valence-electron chi connectivity index (χ0n) is 17.5. The zero-order valence-corrected chi connectivity index (χ0v) is 17.5. The molecule has 6 nitrogen and oxygen atoms in total. The molecule has 27 heavy (non-hydrogen) atoms. The lowest BCUT2D eigenvalue weighted by molar-refractivity contribution is -0.0704. The summed E-state index contributed by atoms with van der Waals surface area (Å²) in [5.74, 6) is 0.822. The molecule has 0 aromatic heterocycles. The lowest BCUT2D eigenvalue weighted by atomic mass is 10.1. The number of aliphatic imine (C=N–C) groups is 1. The lowest BCUT2D eigenvalue weighted by Crippen LogP contribution is -2.44. The smallest absolute Gasteiger partial charge is 0.191 e. The van der Waals surface area contributed by atoms with E-state index in [0.717, 1.165) is 32.1 Å². The first-order chi connectivity index (χ1) is 13.0. The van der Waals surface area contributed by atoms with Crippen molar-refractivity contribution in [3.63, 3.8) is 0 Å². The molecule has 2 rings (SSSR count). The SMILES string of the molecule is CCNC(=NCc1ccc(CN2CC(C)OC(C)C2)cc1)NC(C)COC. The Balaban J connectivity index is 1.89. The van der Waals surface area contributed by atoms with Crippen molar-refractivity contribution in [2.24, 2.45) is 4.99 Å². The Kier molecular flexibility index (Phi) is 9.04. The molecule has 6 heteroatoms. The van der Waals surface area contributed by atoms with Gasteiger partial charge in [-0.25, -0.2) is 4.99 Å². The molecule has 0 bridgehead atoms. The van der Waals surface area contributed by atoms with Gasteiger partial charge >= 0.3 is 0 Å². The van der Waals surface area contributed by atoms with Crippen LogP contribution in [-0.4, -0.2) is 62.5 Å². The van der Waals surface area contributed by atoms with E-state index in [1.807, 2.05) is 0 Å². The van der Waals surface area contributed by atoms with E-state index in [1.165, 1.54) is 11.1 Å². The van der Waals surface area contributed by atoms with Crippen molar-refractivity contribution in [1.82, 2.24) is 15.5 Å². The summed E-state index contributed by atoms with van der Waals surface area (Å²) in [5.41, 5.74) is 2.54. The molecule has 3 unspecified atom stereocenters. The average molecular weight is 377 g/mol. The fraction of sp³-hybridized carbons (Fsp3) is 0.667. The lowest BCUT2D eigenvalue weighted by Gasteiger charge is -2.35. The van der Waals surface area contributed by atoms with Crippen LogP contribution in [0.3, 0.4) is 0 Å². The molecule has 0 radical (unpaired) electrons. The highest BCUT2D eigenvalue weighted by Crippen LogP contribution is 2.15. The maximum atomic E-state index is 5.81. The van der Waals surface area contributed by atoms with Crippen LogP contribution in [0.2, 0.25) is 0 Å². The summed E-state index contributed by atoms with van der Waals surface area (Å²) in [6.07, 6.45) is 0.611. The fourth-order valence-corrected chi connectivity index (χ4v) is 3.44. The van der Waals surface area contributed by atoms with Crippen molar-refractivity contribution in [2.45, 2.75) is 59.0 Å². The van der Waals surface area contributed by atoms with Crippen molar-refractivity contribution in [3.05, 3.63) is 35.4 Å². The number of benzene rings is 1. The van der Waals surface area contributed by atoms with E-state index in [0.29, 0.717) is 25.4 Å². The summed E-state index contributed by atoms with van der Waals surface area (Å²) in [5, 5.41) is 6.64. The van der Waals surface area contributed by atoms with Gasteiger partial charge in [0.25, 0.3) is 0 Å². The number of hydrogen-bond donors (Lipinski definition) is 2. The van der Waals surface area contributed by atoms with E-state index >= 15 is 0 Å². The molecule has 1 fully saturated rings. The van der Waals surface area contributed by atoms with Crippen LogP contribution in [0, 0.1) is 0 Å². The topological polar surface area (TPSA) is 58.1 Å². The number of methoxy groups -OCH3 is 1. The molecule has 3 atom stereocenters. The van der Waals surface area contributed by atoms with Crippen LogP contribution < -0.4 is 10.6 Å². The van der Waals surface area contributed by atoms with Crippen LogP contribution >= 0.6 is 0 Å². The number of morpholine rings is 1. The molecular weight excluding hydrogens is 340 g/mol. The Bertz CT molecular complexity index is 566. The zero-order chi connectivity index (χ0) is 19.6. The molecule has 0 aliphatic carbocycles. The van der Waals surface area contributed by atoms with E-state index in [1.54, 1.807) is 7.11 Å². The molecule has 1 aliphatic heterocycles. The highest BCUT2D eigenvalue weighted by molar-refractivity contribution is 5.80. The molecule has 2 N–H and O–H groups in total. The number of nitrogens with one attached hydrogen (secondary N) is 2. The molecule has 1 heterocycles. The standard InChI is InChI=1S/C21H36N4O2/c1-6-22-21(24-16(2)15-26-5)23-11-19-7-9-20(10-8-19)14-25-12-17(3)27-18(4)13-25/h7-10,16-18H,6,11-15H2,1-5H3,(H2,22,23,24). The van der Waals surface area contributed by atoms with Gasteiger partial charge in [0, 0.05) is 39.3 Å². The Hall–Kier alpha value is -1.63. The van der Waals surface area contributed by atoms with Crippen LogP contribution in [-0.2, 0) is 22.6 Å². The first kappa shape index (κ1) is 21.7. The van der Waals surface area contributed by atoms with Crippen molar-refractivity contribution in [2.75, 3.05) is 33.4 Å². The van der Waals surface area contributed by atoms with Crippen LogP contribution in [0.5, 0.6) is 0 Å². The molecule has 0 saturated carbocycles. The Morgan fingerprint density at radius 1 is 1.22 bits per heavy atom. The minimum absolute atomic E-state index is 0.216. The second kappa shape index (κ2) is 11.3. The summed E-state index contributed by atoms with van der Waals surface area (Å²) in [4.78, 5) is 7.15. The third-order valence-corrected chi connectivity index (χ3v) is 4.49. The first-order valence-electron chi connectivity index (χ1n) is 9.99. The van der Waals surface area contributed by atoms with Crippen LogP contribution in [0.15, 0.2) is 29.3 Å². The molecule has 1 aliphatic rings. The van der Waals surface area contributed by atoms with Crippen LogP contribution in [0.1, 0.15) is 38.8 Å². The molecule has 0 amide bonds. The molecule has 1 aromatic rings. The van der Waals surface area contributed by atoms with E-state index in [9.17, 15) is 0 Å². The molecular formula is C21H36N4O2. The van der Waals surface area contributed by atoms with Gasteiger partial charge in [0.2, 0.25) is 0 Å². The number of ether oxygens (including phenoxy) is 2. The van der Waals surface area contributed by atoms with Crippen molar-refractivity contribution in [1.29, 1.82) is 0 Å². The normalized spacial score (nSPS) is 22.5. The Morgan fingerprint density at radius 2 is 1.85 bits per heavy atom. The predicted octanol–water partition coefficient (Wildman–Crippen LogP) is 2.39. The second-order valence-electron chi connectivity index (χ2n) is 7.46. The summed E-state index contributed by atoms with van der Waals surface area (Å²) in [6, 6.07) is 8.99. The maximum absolute atomic E-state index is 5.81. The Labute approximate surface area is 164 Å². The van der Waals surface area contributed by atoms with Crippen LogP contribution in [0.25, 0.3) is 0 Å². The third-order valence-electron chi connectivity index (χ3n) is 4.49. The predicted molar refractivity (Wildman–Crippen MR) is 111 cm³/mol. The third kappa shape index (κ3) is 7.87. The maximum Gasteiger partial charge on any atom is 0.191 e. The van der Waals surface area contributed by atoms with Gasteiger partial charge in [0.05, 0.1) is 25.4 Å². The summed E-state index contributed by atoms with van der Waals surface area (Å²) in [6.45, 7) is 13.5. The first-order valence-corrected chi connectivity index (χ1v) is 9.99. The number of rotatable bonds is 8. The monoisotopic (exact) mass is 376 g/mol. The highest BCUT2D eigenvalue weighted by atomic mass is 16.5. The number of hydrogen-bond acceptors (Lipinski definition) is 4. The quantitative estimate of drug-likeness (QED) is 0.539. The van der Waals surface area contributed by atoms with Crippen molar-refractivity contribution >= 4 is 5.96 Å². The van der Waals surface area contributed by atoms with E-state index in [2.05, 4.69) is 72.5 Å². The minimum Gasteiger partial charge on any atom is -0.383 e. The largest absolute Gasteiger partial charge is 0.383 e. The minimum atomic E-state index is 0.216. The van der Waals surface area contributed by atoms with Gasteiger partial charge in [0.1, 0.15) is 0 Å². The number of guanidine groups is 1. The van der Waals surface area contributed by atoms with E-state index in [4.69, 9.17) is 9.47 Å². The van der Waals surface area contributed by atoms with Crippen LogP contribution in [0.4, 0.5) is 0 Å². The molecule has 0 spiro atoms. The average Bonchev–Trinajstić information content (AvgIpc) is 2.60. The summed E-state index contributed by atoms with van der Waals surface area (Å²) >= 11 is 0. The molecule has 1 aromatic carbocycles. The Morgan fingerprint density at radius 3 is 2.44 bits per heavy atom. The molecule has 1 saturated heterocycles. The highest BCUT2D eigenvalue weighted by Gasteiger charge is 2.21. The van der Waals surface area contributed by atoms with Crippen molar-refractivity contribution in [3.8, 4) is 0 Å². The van der Waals surface area contributed by atoms with Gasteiger partial charge < -0.3 is 20.1 Å². The van der Waals surface area contributed by atoms with Gasteiger partial charge in [-0.2, -0.15) is 0 Å². The second-order valence-corrected chi connectivity index (χ2v) is 7.46. The van der Waals surface area contributed by atoms with Gasteiger partial charge in [-0.1, -0.05) is 24.3 Å². The molecule has 152 valence electrons. The van der Waals surface area contributed by atoms with Gasteiger partial charge in [-0.05, 0) is 38.8 Å². The van der Waals surface area contributed by atoms with Gasteiger partial charge in [-0.15, -0.1) is 0 Å². The van der Waals surface area contributed by atoms with E-state index < -0.39 is 0 Å². The number of nitrogens with zero attached hydrogens (tertiary/aromatic N) is 2. The fourth-order valence-electron chi connectivity index (χ4n) is 3.44. The van der Waals surface area contributed by atoms with Gasteiger partial charge in [0.15, 0.2) is 5.96 Å². The van der Waals surface area contributed by atoms with E-state index in [-0.39, 0.29) is 6.04 Å². The summed E-state index contributed by atoms with van der Waals surface area (Å²) < 4.78 is 11.0. The van der Waals surface area contributed by atoms with Gasteiger partial charge in [-0.3, -0.25) is 4.90 Å². The summed E-state index contributed by atoms with van der Waals surface area (Å²) in [7, 11) is 1.71. The van der Waals surface area contributed by atoms with Crippen molar-refractivity contribution < 1.29 is 9.47 Å².